The highest BCUT2D eigenvalue weighted by molar-refractivity contribution is 5.25. The molecule has 5 nitrogen and oxygen atoms in total. The first kappa shape index (κ1) is 11.2. The van der Waals surface area contributed by atoms with Crippen molar-refractivity contribution in [3.8, 4) is 0 Å². The minimum absolute atomic E-state index is 0.0272. The maximum Gasteiger partial charge on any atom is 0.291 e. The van der Waals surface area contributed by atoms with E-state index in [2.05, 4.69) is 6.58 Å². The van der Waals surface area contributed by atoms with Crippen LogP contribution in [-0.4, -0.2) is 12.0 Å². The number of rotatable bonds is 4. The Labute approximate surface area is 76.3 Å². The van der Waals surface area contributed by atoms with Gasteiger partial charge in [-0.3, -0.25) is 10.1 Å². The Kier molecular flexibility index (Phi) is 4.29. The molecule has 0 fully saturated rings. The van der Waals surface area contributed by atoms with Crippen LogP contribution in [-0.2, 0) is 4.74 Å². The van der Waals surface area contributed by atoms with E-state index in [9.17, 15) is 10.1 Å². The zero-order chi connectivity index (χ0) is 10.4. The van der Waals surface area contributed by atoms with Crippen molar-refractivity contribution < 1.29 is 9.66 Å². The third-order valence-electron chi connectivity index (χ3n) is 1.37. The summed E-state index contributed by atoms with van der Waals surface area (Å²) in [5.74, 6) is 0.499. The first-order chi connectivity index (χ1) is 6.02. The quantitative estimate of drug-likeness (QED) is 0.308. The maximum absolute atomic E-state index is 10.4. The predicted molar refractivity (Wildman–Crippen MR) is 49.2 cm³/mol. The van der Waals surface area contributed by atoms with E-state index < -0.39 is 4.92 Å². The fraction of sp³-hybridized carbons (Fsp3) is 0.250. The van der Waals surface area contributed by atoms with Gasteiger partial charge in [-0.15, -0.1) is 0 Å². The molecule has 0 unspecified atom stereocenters. The van der Waals surface area contributed by atoms with Gasteiger partial charge in [0, 0.05) is 12.2 Å². The van der Waals surface area contributed by atoms with Gasteiger partial charge in [0.2, 0.25) is 0 Å². The summed E-state index contributed by atoms with van der Waals surface area (Å²) in [4.78, 5) is 9.77. The van der Waals surface area contributed by atoms with Gasteiger partial charge in [-0.25, -0.2) is 0 Å². The van der Waals surface area contributed by atoms with Crippen LogP contribution in [0, 0.1) is 10.1 Å². The second kappa shape index (κ2) is 4.97. The number of ether oxygens (including phenoxy) is 1. The van der Waals surface area contributed by atoms with Crippen LogP contribution in [0.15, 0.2) is 35.9 Å². The second-order valence-electron chi connectivity index (χ2n) is 2.26. The Morgan fingerprint density at radius 2 is 2.23 bits per heavy atom. The van der Waals surface area contributed by atoms with E-state index in [0.717, 1.165) is 6.08 Å². The minimum atomic E-state index is -0.595. The topological polar surface area (TPSA) is 78.4 Å². The second-order valence-corrected chi connectivity index (χ2v) is 2.26. The maximum atomic E-state index is 10.4. The highest BCUT2D eigenvalue weighted by atomic mass is 16.6. The number of nitro groups is 1. The number of hydrogen-bond acceptors (Lipinski definition) is 4. The molecular weight excluding hydrogens is 172 g/mol. The first-order valence-electron chi connectivity index (χ1n) is 3.51. The molecule has 5 heteroatoms. The van der Waals surface area contributed by atoms with E-state index in [-0.39, 0.29) is 11.4 Å². The van der Waals surface area contributed by atoms with Gasteiger partial charge >= 0.3 is 0 Å². The fourth-order valence-electron chi connectivity index (χ4n) is 0.650. The largest absolute Gasteiger partial charge is 0.501 e. The molecule has 0 heterocycles. The van der Waals surface area contributed by atoms with E-state index in [1.807, 2.05) is 0 Å². The normalized spacial score (nSPS) is 13.2. The van der Waals surface area contributed by atoms with Crippen molar-refractivity contribution in [3.05, 3.63) is 46.0 Å². The molecule has 0 aliphatic heterocycles. The van der Waals surface area contributed by atoms with Gasteiger partial charge in [-0.1, -0.05) is 6.58 Å². The summed E-state index contributed by atoms with van der Waals surface area (Å²) in [6, 6.07) is 0. The summed E-state index contributed by atoms with van der Waals surface area (Å²) in [6.45, 7) is 4.93. The van der Waals surface area contributed by atoms with Crippen LogP contribution < -0.4 is 5.73 Å². The third-order valence-corrected chi connectivity index (χ3v) is 1.37. The lowest BCUT2D eigenvalue weighted by Crippen LogP contribution is -2.06. The average molecular weight is 184 g/mol. The van der Waals surface area contributed by atoms with Crippen molar-refractivity contribution in [2.24, 2.45) is 5.73 Å². The van der Waals surface area contributed by atoms with Gasteiger partial charge in [0.05, 0.1) is 17.8 Å². The number of nitrogens with two attached hydrogens (primary N) is 1. The van der Waals surface area contributed by atoms with Crippen LogP contribution in [0.2, 0.25) is 0 Å². The van der Waals surface area contributed by atoms with Crippen LogP contribution in [0.5, 0.6) is 0 Å². The molecule has 72 valence electrons. The van der Waals surface area contributed by atoms with E-state index in [1.54, 1.807) is 6.92 Å². The molecule has 0 aromatic heterocycles. The van der Waals surface area contributed by atoms with Crippen molar-refractivity contribution >= 4 is 0 Å². The number of nitrogens with zero attached hydrogens (tertiary/aromatic N) is 1. The molecule has 0 aliphatic rings. The Morgan fingerprint density at radius 3 is 2.54 bits per heavy atom. The molecule has 0 amide bonds. The number of allylic oxidation sites excluding steroid dienone is 3. The molecule has 0 radical (unpaired) electrons. The molecule has 0 aromatic carbocycles. The number of methoxy groups -OCH3 is 1. The van der Waals surface area contributed by atoms with Crippen LogP contribution in [0.1, 0.15) is 6.92 Å². The van der Waals surface area contributed by atoms with Crippen LogP contribution >= 0.6 is 0 Å². The van der Waals surface area contributed by atoms with Gasteiger partial charge in [0.1, 0.15) is 5.70 Å². The fourth-order valence-corrected chi connectivity index (χ4v) is 0.650. The molecule has 0 rings (SSSR count). The van der Waals surface area contributed by atoms with Crippen LogP contribution in [0.4, 0.5) is 0 Å². The highest BCUT2D eigenvalue weighted by Gasteiger charge is 2.09. The SMILES string of the molecule is C=C/C(=C(N)\C=C(/C)OC)[N+](=O)[O-]. The Hall–Kier alpha value is -1.78. The highest BCUT2D eigenvalue weighted by Crippen LogP contribution is 2.05. The average Bonchev–Trinajstić information content (AvgIpc) is 2.04. The summed E-state index contributed by atoms with van der Waals surface area (Å²) in [7, 11) is 1.46. The lowest BCUT2D eigenvalue weighted by Gasteiger charge is -1.99. The third kappa shape index (κ3) is 3.42. The van der Waals surface area contributed by atoms with Crippen molar-refractivity contribution in [2.75, 3.05) is 7.11 Å². The van der Waals surface area contributed by atoms with Crippen molar-refractivity contribution in [2.45, 2.75) is 6.92 Å². The molecule has 0 atom stereocenters. The van der Waals surface area contributed by atoms with E-state index in [4.69, 9.17) is 10.5 Å². The monoisotopic (exact) mass is 184 g/mol. The van der Waals surface area contributed by atoms with E-state index in [0.29, 0.717) is 5.76 Å². The Morgan fingerprint density at radius 1 is 1.69 bits per heavy atom. The van der Waals surface area contributed by atoms with E-state index >= 15 is 0 Å². The van der Waals surface area contributed by atoms with Crippen molar-refractivity contribution in [1.29, 1.82) is 0 Å². The predicted octanol–water partition coefficient (Wildman–Crippen LogP) is 1.17. The minimum Gasteiger partial charge on any atom is -0.501 e. The van der Waals surface area contributed by atoms with Gasteiger partial charge in [0.15, 0.2) is 0 Å². The first-order valence-corrected chi connectivity index (χ1v) is 3.51. The van der Waals surface area contributed by atoms with Gasteiger partial charge in [-0.05, 0) is 6.92 Å². The molecule has 0 saturated heterocycles. The van der Waals surface area contributed by atoms with Crippen LogP contribution in [0.3, 0.4) is 0 Å². The standard InChI is InChI=1S/C8H12N2O3/c1-4-8(10(11)12)7(9)5-6(2)13-3/h4-5H,1,9H2,2-3H3/b6-5+,8-7-. The molecule has 0 aromatic rings. The molecule has 0 spiro atoms. The lowest BCUT2D eigenvalue weighted by molar-refractivity contribution is -0.420. The zero-order valence-corrected chi connectivity index (χ0v) is 7.61. The molecule has 0 saturated carbocycles. The molecule has 0 aliphatic carbocycles. The van der Waals surface area contributed by atoms with Gasteiger partial charge in [0.25, 0.3) is 5.70 Å². The summed E-state index contributed by atoms with van der Waals surface area (Å²) in [5.41, 5.74) is 5.22. The Balaban J connectivity index is 4.98. The van der Waals surface area contributed by atoms with Gasteiger partial charge < -0.3 is 10.5 Å². The molecule has 2 N–H and O–H groups in total. The molecule has 13 heavy (non-hydrogen) atoms. The van der Waals surface area contributed by atoms with Gasteiger partial charge in [-0.2, -0.15) is 0 Å². The van der Waals surface area contributed by atoms with Crippen molar-refractivity contribution in [1.82, 2.24) is 0 Å². The summed E-state index contributed by atoms with van der Waals surface area (Å²) in [5, 5.41) is 10.4. The Bertz CT molecular complexity index is 279. The number of hydrogen-bond donors (Lipinski definition) is 1. The smallest absolute Gasteiger partial charge is 0.291 e. The van der Waals surface area contributed by atoms with Crippen LogP contribution in [0.25, 0.3) is 0 Å². The summed E-state index contributed by atoms with van der Waals surface area (Å²) in [6.07, 6.45) is 2.47. The van der Waals surface area contributed by atoms with E-state index in [1.165, 1.54) is 13.2 Å². The van der Waals surface area contributed by atoms with Crippen molar-refractivity contribution in [3.63, 3.8) is 0 Å². The zero-order valence-electron chi connectivity index (χ0n) is 7.61. The molecular formula is C8H12N2O3. The summed E-state index contributed by atoms with van der Waals surface area (Å²) >= 11 is 0. The summed E-state index contributed by atoms with van der Waals surface area (Å²) < 4.78 is 4.79. The molecule has 0 bridgehead atoms. The lowest BCUT2D eigenvalue weighted by atomic mass is 10.3.